The summed E-state index contributed by atoms with van der Waals surface area (Å²) in [6.07, 6.45) is 1.32. The van der Waals surface area contributed by atoms with Gasteiger partial charge in [-0.15, -0.1) is 0 Å². The number of hydrogen-bond acceptors (Lipinski definition) is 2. The molecule has 3 heteroatoms. The van der Waals surface area contributed by atoms with E-state index in [9.17, 15) is 4.79 Å². The van der Waals surface area contributed by atoms with Gasteiger partial charge in [0.05, 0.1) is 6.42 Å². The number of nitrogens with zero attached hydrogens (tertiary/aromatic N) is 1. The van der Waals surface area contributed by atoms with Crippen LogP contribution in [-0.4, -0.2) is 30.4 Å². The van der Waals surface area contributed by atoms with E-state index >= 15 is 0 Å². The first-order valence-electron chi connectivity index (χ1n) is 7.20. The summed E-state index contributed by atoms with van der Waals surface area (Å²) in [7, 11) is 0. The van der Waals surface area contributed by atoms with Crippen LogP contribution in [0.4, 0.5) is 0 Å². The zero-order valence-corrected chi connectivity index (χ0v) is 12.0. The Hall–Kier alpha value is -1.87. The summed E-state index contributed by atoms with van der Waals surface area (Å²) in [5.74, 6) is 0.177. The van der Waals surface area contributed by atoms with Crippen LogP contribution in [0.3, 0.4) is 0 Å². The lowest BCUT2D eigenvalue weighted by Gasteiger charge is -2.20. The van der Waals surface area contributed by atoms with Crippen molar-refractivity contribution in [3.8, 4) is 0 Å². The molecule has 0 aliphatic carbocycles. The van der Waals surface area contributed by atoms with Gasteiger partial charge in [0.1, 0.15) is 0 Å². The van der Waals surface area contributed by atoms with E-state index in [4.69, 9.17) is 5.73 Å². The third-order valence-corrected chi connectivity index (χ3v) is 3.54. The van der Waals surface area contributed by atoms with Gasteiger partial charge in [-0.3, -0.25) is 4.79 Å². The molecule has 0 saturated carbocycles. The van der Waals surface area contributed by atoms with Crippen molar-refractivity contribution in [1.82, 2.24) is 4.90 Å². The zero-order valence-electron chi connectivity index (χ0n) is 12.0. The van der Waals surface area contributed by atoms with E-state index in [2.05, 4.69) is 24.3 Å². The molecule has 0 saturated heterocycles. The van der Waals surface area contributed by atoms with Gasteiger partial charge in [-0.2, -0.15) is 0 Å². The van der Waals surface area contributed by atoms with Crippen LogP contribution in [0.5, 0.6) is 0 Å². The van der Waals surface area contributed by atoms with Gasteiger partial charge in [0, 0.05) is 13.1 Å². The van der Waals surface area contributed by atoms with E-state index < -0.39 is 0 Å². The SMILES string of the molecule is CCN(CCCN)C(=O)Cc1ccc2ccccc2c1. The third kappa shape index (κ3) is 3.58. The number of hydrogen-bond donors (Lipinski definition) is 1. The summed E-state index contributed by atoms with van der Waals surface area (Å²) in [4.78, 5) is 14.1. The Morgan fingerprint density at radius 2 is 1.90 bits per heavy atom. The van der Waals surface area contributed by atoms with Crippen LogP contribution in [0.15, 0.2) is 42.5 Å². The van der Waals surface area contributed by atoms with Gasteiger partial charge < -0.3 is 10.6 Å². The number of fused-ring (bicyclic) bond motifs is 1. The Morgan fingerprint density at radius 1 is 1.15 bits per heavy atom. The van der Waals surface area contributed by atoms with Crippen molar-refractivity contribution in [3.05, 3.63) is 48.0 Å². The fraction of sp³-hybridized carbons (Fsp3) is 0.353. The molecule has 106 valence electrons. The second-order valence-corrected chi connectivity index (χ2v) is 4.97. The molecule has 0 aliphatic rings. The number of carbonyl (C=O) groups is 1. The van der Waals surface area contributed by atoms with Gasteiger partial charge >= 0.3 is 0 Å². The second-order valence-electron chi connectivity index (χ2n) is 4.97. The number of benzene rings is 2. The molecule has 0 spiro atoms. The first-order valence-corrected chi connectivity index (χ1v) is 7.20. The highest BCUT2D eigenvalue weighted by atomic mass is 16.2. The van der Waals surface area contributed by atoms with E-state index in [0.29, 0.717) is 13.0 Å². The monoisotopic (exact) mass is 270 g/mol. The Labute approximate surface area is 120 Å². The molecular formula is C17H22N2O. The molecule has 0 radical (unpaired) electrons. The zero-order chi connectivity index (χ0) is 14.4. The van der Waals surface area contributed by atoms with Gasteiger partial charge in [0.2, 0.25) is 5.91 Å². The minimum atomic E-state index is 0.177. The summed E-state index contributed by atoms with van der Waals surface area (Å²) in [5.41, 5.74) is 6.58. The highest BCUT2D eigenvalue weighted by molar-refractivity contribution is 5.85. The van der Waals surface area contributed by atoms with Gasteiger partial charge in [0.15, 0.2) is 0 Å². The molecular weight excluding hydrogens is 248 g/mol. The molecule has 2 aromatic rings. The molecule has 1 amide bonds. The summed E-state index contributed by atoms with van der Waals surface area (Å²) in [6.45, 7) is 4.13. The minimum Gasteiger partial charge on any atom is -0.343 e. The predicted molar refractivity (Wildman–Crippen MR) is 83.6 cm³/mol. The highest BCUT2D eigenvalue weighted by Gasteiger charge is 2.11. The van der Waals surface area contributed by atoms with Crippen LogP contribution in [0.1, 0.15) is 18.9 Å². The van der Waals surface area contributed by atoms with Gasteiger partial charge in [-0.05, 0) is 36.2 Å². The number of carbonyl (C=O) groups excluding carboxylic acids is 1. The van der Waals surface area contributed by atoms with Crippen LogP contribution in [0.25, 0.3) is 10.8 Å². The maximum atomic E-state index is 12.3. The number of rotatable bonds is 6. The van der Waals surface area contributed by atoms with Crippen molar-refractivity contribution < 1.29 is 4.79 Å². The van der Waals surface area contributed by atoms with Crippen LogP contribution >= 0.6 is 0 Å². The molecule has 20 heavy (non-hydrogen) atoms. The quantitative estimate of drug-likeness (QED) is 0.877. The first kappa shape index (κ1) is 14.5. The van der Waals surface area contributed by atoms with Crippen LogP contribution in [-0.2, 0) is 11.2 Å². The molecule has 0 fully saturated rings. The molecule has 3 nitrogen and oxygen atoms in total. The Balaban J connectivity index is 2.08. The topological polar surface area (TPSA) is 46.3 Å². The number of amides is 1. The van der Waals surface area contributed by atoms with Gasteiger partial charge in [-0.25, -0.2) is 0 Å². The van der Waals surface area contributed by atoms with Crippen molar-refractivity contribution in [2.24, 2.45) is 5.73 Å². The van der Waals surface area contributed by atoms with Crippen molar-refractivity contribution in [2.45, 2.75) is 19.8 Å². The third-order valence-electron chi connectivity index (χ3n) is 3.54. The number of likely N-dealkylation sites (N-methyl/N-ethyl adjacent to an activating group) is 1. The first-order chi connectivity index (χ1) is 9.74. The van der Waals surface area contributed by atoms with E-state index in [1.165, 1.54) is 10.8 Å². The molecule has 0 bridgehead atoms. The smallest absolute Gasteiger partial charge is 0.226 e. The Kier molecular flexibility index (Phi) is 5.13. The van der Waals surface area contributed by atoms with Crippen LogP contribution in [0, 0.1) is 0 Å². The molecule has 0 unspecified atom stereocenters. The summed E-state index contributed by atoms with van der Waals surface area (Å²) >= 11 is 0. The second kappa shape index (κ2) is 7.06. The van der Waals surface area contributed by atoms with Crippen molar-refractivity contribution in [2.75, 3.05) is 19.6 Å². The Morgan fingerprint density at radius 3 is 2.60 bits per heavy atom. The summed E-state index contributed by atoms with van der Waals surface area (Å²) in [6, 6.07) is 14.4. The fourth-order valence-corrected chi connectivity index (χ4v) is 2.38. The molecule has 0 aliphatic heterocycles. The maximum absolute atomic E-state index is 12.3. The lowest BCUT2D eigenvalue weighted by molar-refractivity contribution is -0.130. The Bertz CT molecular complexity index is 580. The molecule has 2 N–H and O–H groups in total. The summed E-state index contributed by atoms with van der Waals surface area (Å²) in [5, 5.41) is 2.39. The van der Waals surface area contributed by atoms with E-state index in [-0.39, 0.29) is 5.91 Å². The molecule has 2 rings (SSSR count). The largest absolute Gasteiger partial charge is 0.343 e. The lowest BCUT2D eigenvalue weighted by atomic mass is 10.0. The average molecular weight is 270 g/mol. The van der Waals surface area contributed by atoms with Crippen LogP contribution in [0.2, 0.25) is 0 Å². The average Bonchev–Trinajstić information content (AvgIpc) is 2.48. The van der Waals surface area contributed by atoms with Crippen molar-refractivity contribution in [1.29, 1.82) is 0 Å². The van der Waals surface area contributed by atoms with Crippen molar-refractivity contribution in [3.63, 3.8) is 0 Å². The molecule has 0 atom stereocenters. The molecule has 0 aromatic heterocycles. The van der Waals surface area contributed by atoms with E-state index in [0.717, 1.165) is 25.1 Å². The molecule has 0 heterocycles. The van der Waals surface area contributed by atoms with Crippen molar-refractivity contribution >= 4 is 16.7 Å². The van der Waals surface area contributed by atoms with Gasteiger partial charge in [0.25, 0.3) is 0 Å². The van der Waals surface area contributed by atoms with E-state index in [1.54, 1.807) is 0 Å². The summed E-state index contributed by atoms with van der Waals surface area (Å²) < 4.78 is 0. The standard InChI is InChI=1S/C17H22N2O/c1-2-19(11-5-10-18)17(20)13-14-8-9-15-6-3-4-7-16(15)12-14/h3-4,6-9,12H,2,5,10-11,13,18H2,1H3. The predicted octanol–water partition coefficient (Wildman–Crippen LogP) is 2.58. The maximum Gasteiger partial charge on any atom is 0.226 e. The van der Waals surface area contributed by atoms with Gasteiger partial charge in [-0.1, -0.05) is 42.5 Å². The fourth-order valence-electron chi connectivity index (χ4n) is 2.38. The lowest BCUT2D eigenvalue weighted by Crippen LogP contribution is -2.33. The molecule has 2 aromatic carbocycles. The number of nitrogens with two attached hydrogens (primary N) is 1. The van der Waals surface area contributed by atoms with E-state index in [1.807, 2.05) is 30.0 Å². The highest BCUT2D eigenvalue weighted by Crippen LogP contribution is 2.16. The normalized spacial score (nSPS) is 10.7. The van der Waals surface area contributed by atoms with Crippen LogP contribution < -0.4 is 5.73 Å². The minimum absolute atomic E-state index is 0.177.